The van der Waals surface area contributed by atoms with E-state index in [9.17, 15) is 0 Å². The van der Waals surface area contributed by atoms with Crippen molar-refractivity contribution < 1.29 is 0 Å². The minimum absolute atomic E-state index is 0.115. The van der Waals surface area contributed by atoms with Crippen LogP contribution in [-0.4, -0.2) is 9.78 Å². The minimum Gasteiger partial charge on any atom is -0.307 e. The van der Waals surface area contributed by atoms with Gasteiger partial charge in [0, 0.05) is 24.8 Å². The average Bonchev–Trinajstić information content (AvgIpc) is 2.37. The third-order valence-electron chi connectivity index (χ3n) is 2.17. The van der Waals surface area contributed by atoms with E-state index in [1.165, 1.54) is 11.3 Å². The Balaban J connectivity index is 2.38. The summed E-state index contributed by atoms with van der Waals surface area (Å²) in [7, 11) is 0. The monoisotopic (exact) mass is 165 g/mol. The van der Waals surface area contributed by atoms with Crippen molar-refractivity contribution in [2.45, 2.75) is 39.4 Å². The lowest BCUT2D eigenvalue weighted by atomic mass is 10.1. The summed E-state index contributed by atoms with van der Waals surface area (Å²) in [6, 6.07) is 0. The van der Waals surface area contributed by atoms with Crippen LogP contribution in [0.2, 0.25) is 0 Å². The summed E-state index contributed by atoms with van der Waals surface area (Å²) in [5.74, 6) is 0. The number of fused-ring (bicyclic) bond motifs is 1. The van der Waals surface area contributed by atoms with E-state index in [1.54, 1.807) is 0 Å². The molecule has 0 fully saturated rings. The first kappa shape index (κ1) is 7.80. The van der Waals surface area contributed by atoms with E-state index in [-0.39, 0.29) is 5.54 Å². The molecule has 0 bridgehead atoms. The molecule has 12 heavy (non-hydrogen) atoms. The lowest BCUT2D eigenvalue weighted by Gasteiger charge is -2.19. The first-order valence-corrected chi connectivity index (χ1v) is 4.36. The summed E-state index contributed by atoms with van der Waals surface area (Å²) in [4.78, 5) is 0. The van der Waals surface area contributed by atoms with Crippen LogP contribution in [0.5, 0.6) is 0 Å². The normalized spacial score (nSPS) is 16.6. The number of aromatic nitrogens is 2. The largest absolute Gasteiger partial charge is 0.307 e. The standard InChI is InChI=1S/C9H15N3/c1-9(2,3)12-6-7-4-10-5-8(7)11-12/h6,10H,4-5H2,1-3H3. The van der Waals surface area contributed by atoms with Gasteiger partial charge >= 0.3 is 0 Å². The van der Waals surface area contributed by atoms with Crippen LogP contribution in [0.25, 0.3) is 0 Å². The van der Waals surface area contributed by atoms with Crippen molar-refractivity contribution in [2.75, 3.05) is 0 Å². The minimum atomic E-state index is 0.115. The van der Waals surface area contributed by atoms with Crippen molar-refractivity contribution in [3.63, 3.8) is 0 Å². The van der Waals surface area contributed by atoms with Gasteiger partial charge in [-0.25, -0.2) is 0 Å². The molecule has 1 aromatic rings. The molecule has 0 unspecified atom stereocenters. The molecule has 3 heteroatoms. The Bertz CT molecular complexity index is 272. The smallest absolute Gasteiger partial charge is 0.0807 e. The highest BCUT2D eigenvalue weighted by molar-refractivity contribution is 5.21. The molecule has 2 rings (SSSR count). The molecule has 0 aromatic carbocycles. The van der Waals surface area contributed by atoms with Gasteiger partial charge < -0.3 is 5.32 Å². The number of nitrogens with zero attached hydrogens (tertiary/aromatic N) is 2. The number of nitrogens with one attached hydrogen (secondary N) is 1. The van der Waals surface area contributed by atoms with Gasteiger partial charge in [-0.2, -0.15) is 5.10 Å². The lowest BCUT2D eigenvalue weighted by molar-refractivity contribution is 0.351. The van der Waals surface area contributed by atoms with Gasteiger partial charge in [-0.15, -0.1) is 0 Å². The van der Waals surface area contributed by atoms with Gasteiger partial charge in [0.25, 0.3) is 0 Å². The summed E-state index contributed by atoms with van der Waals surface area (Å²) in [5.41, 5.74) is 2.68. The molecule has 0 spiro atoms. The van der Waals surface area contributed by atoms with Crippen LogP contribution < -0.4 is 5.32 Å². The van der Waals surface area contributed by atoms with E-state index >= 15 is 0 Å². The molecule has 0 saturated carbocycles. The predicted molar refractivity (Wildman–Crippen MR) is 47.8 cm³/mol. The molecule has 3 nitrogen and oxygen atoms in total. The predicted octanol–water partition coefficient (Wildman–Crippen LogP) is 1.24. The maximum absolute atomic E-state index is 4.52. The van der Waals surface area contributed by atoms with Crippen molar-refractivity contribution in [3.8, 4) is 0 Å². The van der Waals surface area contributed by atoms with Gasteiger partial charge in [-0.05, 0) is 20.8 Å². The summed E-state index contributed by atoms with van der Waals surface area (Å²) in [5, 5.41) is 7.79. The fourth-order valence-electron chi connectivity index (χ4n) is 1.40. The first-order chi connectivity index (χ1) is 5.57. The maximum atomic E-state index is 4.52. The van der Waals surface area contributed by atoms with Crippen LogP contribution >= 0.6 is 0 Å². The Labute approximate surface area is 72.8 Å². The Kier molecular flexibility index (Phi) is 1.51. The van der Waals surface area contributed by atoms with Crippen LogP contribution in [-0.2, 0) is 18.6 Å². The lowest BCUT2D eigenvalue weighted by Crippen LogP contribution is -2.23. The van der Waals surface area contributed by atoms with E-state index in [1.807, 2.05) is 0 Å². The third-order valence-corrected chi connectivity index (χ3v) is 2.17. The van der Waals surface area contributed by atoms with Gasteiger partial charge in [0.05, 0.1) is 11.2 Å². The summed E-state index contributed by atoms with van der Waals surface area (Å²) in [6.07, 6.45) is 2.15. The molecular formula is C9H15N3. The van der Waals surface area contributed by atoms with Gasteiger partial charge in [-0.3, -0.25) is 4.68 Å². The first-order valence-electron chi connectivity index (χ1n) is 4.36. The van der Waals surface area contributed by atoms with Crippen molar-refractivity contribution >= 4 is 0 Å². The molecule has 1 aliphatic rings. The van der Waals surface area contributed by atoms with Gasteiger partial charge in [-0.1, -0.05) is 0 Å². The number of hydrogen-bond acceptors (Lipinski definition) is 2. The Morgan fingerprint density at radius 3 is 2.75 bits per heavy atom. The van der Waals surface area contributed by atoms with Crippen LogP contribution in [0.3, 0.4) is 0 Å². The summed E-state index contributed by atoms with van der Waals surface area (Å²) < 4.78 is 2.05. The van der Waals surface area contributed by atoms with Gasteiger partial charge in [0.15, 0.2) is 0 Å². The fourth-order valence-corrected chi connectivity index (χ4v) is 1.40. The second-order valence-corrected chi connectivity index (χ2v) is 4.32. The number of hydrogen-bond donors (Lipinski definition) is 1. The topological polar surface area (TPSA) is 29.9 Å². The maximum Gasteiger partial charge on any atom is 0.0807 e. The highest BCUT2D eigenvalue weighted by atomic mass is 15.3. The van der Waals surface area contributed by atoms with Crippen LogP contribution in [0.15, 0.2) is 6.20 Å². The zero-order valence-electron chi connectivity index (χ0n) is 7.89. The van der Waals surface area contributed by atoms with E-state index < -0.39 is 0 Å². The van der Waals surface area contributed by atoms with Crippen molar-refractivity contribution in [1.82, 2.24) is 15.1 Å². The molecule has 1 N–H and O–H groups in total. The van der Waals surface area contributed by atoms with Crippen LogP contribution in [0.1, 0.15) is 32.0 Å². The highest BCUT2D eigenvalue weighted by Crippen LogP contribution is 2.18. The third kappa shape index (κ3) is 1.14. The Morgan fingerprint density at radius 1 is 1.42 bits per heavy atom. The molecule has 1 aliphatic heterocycles. The van der Waals surface area contributed by atoms with Crippen LogP contribution in [0, 0.1) is 0 Å². The molecule has 0 amide bonds. The second kappa shape index (κ2) is 2.33. The van der Waals surface area contributed by atoms with Gasteiger partial charge in [0.1, 0.15) is 0 Å². The highest BCUT2D eigenvalue weighted by Gasteiger charge is 2.20. The quantitative estimate of drug-likeness (QED) is 0.627. The average molecular weight is 165 g/mol. The van der Waals surface area contributed by atoms with E-state index in [0.717, 1.165) is 13.1 Å². The van der Waals surface area contributed by atoms with Crippen molar-refractivity contribution in [2.24, 2.45) is 0 Å². The summed E-state index contributed by atoms with van der Waals surface area (Å²) in [6.45, 7) is 8.41. The molecule has 66 valence electrons. The molecule has 0 radical (unpaired) electrons. The molecule has 0 saturated heterocycles. The fraction of sp³-hybridized carbons (Fsp3) is 0.667. The SMILES string of the molecule is CC(C)(C)n1cc2c(n1)CNC2. The second-order valence-electron chi connectivity index (χ2n) is 4.32. The molecule has 0 aliphatic carbocycles. The van der Waals surface area contributed by atoms with E-state index in [4.69, 9.17) is 0 Å². The zero-order valence-corrected chi connectivity index (χ0v) is 7.89. The van der Waals surface area contributed by atoms with Crippen molar-refractivity contribution in [3.05, 3.63) is 17.5 Å². The Hall–Kier alpha value is -0.830. The summed E-state index contributed by atoms with van der Waals surface area (Å²) >= 11 is 0. The van der Waals surface area contributed by atoms with E-state index in [2.05, 4.69) is 42.1 Å². The van der Waals surface area contributed by atoms with Crippen molar-refractivity contribution in [1.29, 1.82) is 0 Å². The molecule has 1 aromatic heterocycles. The Morgan fingerprint density at radius 2 is 2.17 bits per heavy atom. The van der Waals surface area contributed by atoms with Gasteiger partial charge in [0.2, 0.25) is 0 Å². The zero-order chi connectivity index (χ0) is 8.77. The number of rotatable bonds is 0. The molecule has 0 atom stereocenters. The molecule has 2 heterocycles. The van der Waals surface area contributed by atoms with Crippen LogP contribution in [0.4, 0.5) is 0 Å². The molecular weight excluding hydrogens is 150 g/mol. The van der Waals surface area contributed by atoms with E-state index in [0.29, 0.717) is 0 Å².